The number of aromatic amines is 1. The zero-order chi connectivity index (χ0) is 21.4. The number of aromatic nitrogens is 1. The predicted octanol–water partition coefficient (Wildman–Crippen LogP) is 4.19. The Kier molecular flexibility index (Phi) is 4.59. The fourth-order valence-corrected chi connectivity index (χ4v) is 3.98. The van der Waals surface area contributed by atoms with Gasteiger partial charge in [-0.15, -0.1) is 0 Å². The highest BCUT2D eigenvalue weighted by Gasteiger charge is 2.25. The average Bonchev–Trinajstić information content (AvgIpc) is 3.23. The molecule has 1 aromatic heterocycles. The van der Waals surface area contributed by atoms with Gasteiger partial charge in [0.25, 0.3) is 11.5 Å². The summed E-state index contributed by atoms with van der Waals surface area (Å²) in [5, 5.41) is 11.3. The Morgan fingerprint density at radius 1 is 1.00 bits per heavy atom. The molecule has 6 heteroatoms. The quantitative estimate of drug-likeness (QED) is 0.498. The van der Waals surface area contributed by atoms with Crippen LogP contribution in [-0.4, -0.2) is 28.8 Å². The van der Waals surface area contributed by atoms with Gasteiger partial charge in [-0.3, -0.25) is 19.6 Å². The van der Waals surface area contributed by atoms with E-state index in [9.17, 15) is 14.7 Å². The summed E-state index contributed by atoms with van der Waals surface area (Å²) < 4.78 is 0. The number of aromatic hydroxyl groups is 1. The van der Waals surface area contributed by atoms with Crippen LogP contribution in [0.4, 0.5) is 11.4 Å². The van der Waals surface area contributed by atoms with E-state index < -0.39 is 0 Å². The van der Waals surface area contributed by atoms with E-state index in [2.05, 4.69) is 9.98 Å². The van der Waals surface area contributed by atoms with E-state index in [1.165, 1.54) is 11.8 Å². The van der Waals surface area contributed by atoms with Crippen LogP contribution in [0.15, 0.2) is 82.6 Å². The van der Waals surface area contributed by atoms with Crippen LogP contribution in [0.3, 0.4) is 0 Å². The molecule has 2 N–H and O–H groups in total. The first-order chi connectivity index (χ1) is 15.1. The molecule has 1 amide bonds. The molecular formula is C25H19N3O3. The molecule has 0 spiro atoms. The smallest absolute Gasteiger partial charge is 0.258 e. The van der Waals surface area contributed by atoms with Crippen molar-refractivity contribution in [3.8, 4) is 5.88 Å². The number of pyridine rings is 1. The Labute approximate surface area is 178 Å². The summed E-state index contributed by atoms with van der Waals surface area (Å²) in [6.07, 6.45) is 2.35. The molecule has 5 rings (SSSR count). The lowest BCUT2D eigenvalue weighted by Crippen LogP contribution is -2.28. The lowest BCUT2D eigenvalue weighted by molar-refractivity contribution is 0.0989. The molecular weight excluding hydrogens is 390 g/mol. The predicted molar refractivity (Wildman–Crippen MR) is 122 cm³/mol. The summed E-state index contributed by atoms with van der Waals surface area (Å²) in [4.78, 5) is 33.8. The minimum atomic E-state index is -0.358. The molecule has 2 heterocycles. The normalized spacial score (nSPS) is 13.1. The van der Waals surface area contributed by atoms with E-state index in [0.717, 1.165) is 12.1 Å². The summed E-state index contributed by atoms with van der Waals surface area (Å²) in [5.74, 6) is -0.312. The second-order valence-electron chi connectivity index (χ2n) is 7.41. The molecule has 1 aliphatic rings. The number of para-hydroxylation sites is 1. The Morgan fingerprint density at radius 2 is 1.77 bits per heavy atom. The number of nitrogens with zero attached hydrogens (tertiary/aromatic N) is 2. The van der Waals surface area contributed by atoms with E-state index in [1.54, 1.807) is 53.4 Å². The monoisotopic (exact) mass is 409 g/mol. The third-order valence-corrected chi connectivity index (χ3v) is 5.52. The van der Waals surface area contributed by atoms with Crippen molar-refractivity contribution in [1.29, 1.82) is 0 Å². The summed E-state index contributed by atoms with van der Waals surface area (Å²) >= 11 is 0. The fourth-order valence-electron chi connectivity index (χ4n) is 3.98. The average molecular weight is 409 g/mol. The first-order valence-electron chi connectivity index (χ1n) is 10.00. The van der Waals surface area contributed by atoms with Crippen LogP contribution in [0.25, 0.3) is 10.8 Å². The number of hydrogen-bond donors (Lipinski definition) is 2. The maximum atomic E-state index is 13.1. The zero-order valence-electron chi connectivity index (χ0n) is 16.6. The Morgan fingerprint density at radius 3 is 2.65 bits per heavy atom. The number of benzene rings is 3. The molecule has 6 nitrogen and oxygen atoms in total. The number of carbonyl (C=O) groups excluding carboxylic acids is 1. The molecule has 0 unspecified atom stereocenters. The van der Waals surface area contributed by atoms with Gasteiger partial charge in [-0.25, -0.2) is 0 Å². The van der Waals surface area contributed by atoms with E-state index in [-0.39, 0.29) is 17.3 Å². The number of hydrogen-bond acceptors (Lipinski definition) is 4. The summed E-state index contributed by atoms with van der Waals surface area (Å²) in [6.45, 7) is 0.656. The second kappa shape index (κ2) is 7.57. The second-order valence-corrected chi connectivity index (χ2v) is 7.41. The number of carbonyl (C=O) groups is 1. The minimum absolute atomic E-state index is 0.0701. The molecule has 0 bridgehead atoms. The molecule has 0 saturated heterocycles. The van der Waals surface area contributed by atoms with Gasteiger partial charge >= 0.3 is 0 Å². The van der Waals surface area contributed by atoms with Crippen LogP contribution in [0, 0.1) is 0 Å². The maximum absolute atomic E-state index is 13.1. The minimum Gasteiger partial charge on any atom is -0.494 e. The molecule has 3 aromatic carbocycles. The first kappa shape index (κ1) is 18.8. The number of nitrogens with one attached hydrogen (secondary N) is 1. The highest BCUT2D eigenvalue weighted by Crippen LogP contribution is 2.29. The number of aliphatic imine (C=N–C) groups is 1. The van der Waals surface area contributed by atoms with Gasteiger partial charge in [-0.2, -0.15) is 0 Å². The van der Waals surface area contributed by atoms with Crippen LogP contribution in [0.5, 0.6) is 5.88 Å². The fraction of sp³-hybridized carbons (Fsp3) is 0.0800. The van der Waals surface area contributed by atoms with Crippen molar-refractivity contribution in [2.24, 2.45) is 4.99 Å². The molecule has 0 atom stereocenters. The van der Waals surface area contributed by atoms with E-state index in [4.69, 9.17) is 0 Å². The van der Waals surface area contributed by atoms with Crippen molar-refractivity contribution in [1.82, 2.24) is 4.98 Å². The molecule has 0 saturated carbocycles. The molecule has 0 aliphatic carbocycles. The number of rotatable bonds is 3. The molecule has 1 aliphatic heterocycles. The molecule has 152 valence electrons. The van der Waals surface area contributed by atoms with Crippen LogP contribution < -0.4 is 10.5 Å². The maximum Gasteiger partial charge on any atom is 0.258 e. The van der Waals surface area contributed by atoms with Gasteiger partial charge in [-0.05, 0) is 42.3 Å². The van der Waals surface area contributed by atoms with Gasteiger partial charge in [0.15, 0.2) is 0 Å². The lowest BCUT2D eigenvalue weighted by atomic mass is 10.1. The van der Waals surface area contributed by atoms with Gasteiger partial charge < -0.3 is 10.0 Å². The molecule has 31 heavy (non-hydrogen) atoms. The summed E-state index contributed by atoms with van der Waals surface area (Å²) in [6, 6.07) is 22.0. The van der Waals surface area contributed by atoms with Crippen molar-refractivity contribution < 1.29 is 9.90 Å². The van der Waals surface area contributed by atoms with E-state index in [0.29, 0.717) is 34.1 Å². The molecule has 0 fully saturated rings. The largest absolute Gasteiger partial charge is 0.494 e. The number of fused-ring (bicyclic) bond motifs is 2. The SMILES string of the molecule is O=C(c1cccc(N=Cc2c(O)[nH]c(=O)c3ccccc23)c1)N1CCc2ccccc21. The Bertz CT molecular complexity index is 1400. The Balaban J connectivity index is 1.47. The van der Waals surface area contributed by atoms with Gasteiger partial charge in [-0.1, -0.05) is 42.5 Å². The van der Waals surface area contributed by atoms with Crippen LogP contribution in [0.2, 0.25) is 0 Å². The van der Waals surface area contributed by atoms with E-state index in [1.807, 2.05) is 24.3 Å². The topological polar surface area (TPSA) is 85.8 Å². The number of H-pyrrole nitrogens is 1. The van der Waals surface area contributed by atoms with E-state index >= 15 is 0 Å². The van der Waals surface area contributed by atoms with Crippen LogP contribution in [0.1, 0.15) is 21.5 Å². The van der Waals surface area contributed by atoms with Crippen molar-refractivity contribution in [2.45, 2.75) is 6.42 Å². The van der Waals surface area contributed by atoms with Crippen molar-refractivity contribution in [2.75, 3.05) is 11.4 Å². The third kappa shape index (κ3) is 3.38. The van der Waals surface area contributed by atoms with Gasteiger partial charge in [0.1, 0.15) is 0 Å². The standard InChI is InChI=1S/C25H19N3O3/c29-23-20-10-3-2-9-19(20)21(24(30)27-23)15-26-18-8-5-7-17(14-18)25(31)28-13-12-16-6-1-4-11-22(16)28/h1-11,14-15H,12-13H2,(H2,27,29,30). The highest BCUT2D eigenvalue weighted by atomic mass is 16.3. The van der Waals surface area contributed by atoms with Gasteiger partial charge in [0.05, 0.1) is 11.3 Å². The zero-order valence-corrected chi connectivity index (χ0v) is 16.6. The third-order valence-electron chi connectivity index (χ3n) is 5.52. The first-order valence-corrected chi connectivity index (χ1v) is 10.00. The van der Waals surface area contributed by atoms with Crippen LogP contribution >= 0.6 is 0 Å². The lowest BCUT2D eigenvalue weighted by Gasteiger charge is -2.17. The number of amides is 1. The van der Waals surface area contributed by atoms with Gasteiger partial charge in [0, 0.05) is 34.8 Å². The van der Waals surface area contributed by atoms with Crippen molar-refractivity contribution >= 4 is 34.3 Å². The number of anilines is 1. The molecule has 4 aromatic rings. The highest BCUT2D eigenvalue weighted by molar-refractivity contribution is 6.08. The summed E-state index contributed by atoms with van der Waals surface area (Å²) in [7, 11) is 0. The molecule has 0 radical (unpaired) electrons. The Hall–Kier alpha value is -4.19. The van der Waals surface area contributed by atoms with Gasteiger partial charge in [0.2, 0.25) is 5.88 Å². The van der Waals surface area contributed by atoms with Crippen molar-refractivity contribution in [3.05, 3.63) is 99.8 Å². The van der Waals surface area contributed by atoms with Crippen molar-refractivity contribution in [3.63, 3.8) is 0 Å². The summed E-state index contributed by atoms with van der Waals surface area (Å²) in [5.41, 5.74) is 3.30. The van der Waals surface area contributed by atoms with Crippen LogP contribution in [-0.2, 0) is 6.42 Å².